The van der Waals surface area contributed by atoms with Gasteiger partial charge in [0.15, 0.2) is 0 Å². The molecule has 2 aromatic heterocycles. The van der Waals surface area contributed by atoms with E-state index in [2.05, 4.69) is 28.2 Å². The molecule has 134 valence electrons. The Morgan fingerprint density at radius 2 is 1.36 bits per heavy atom. The molecule has 3 aromatic carbocycles. The van der Waals surface area contributed by atoms with Crippen LogP contribution in [0.25, 0.3) is 21.8 Å². The second-order valence-electron chi connectivity index (χ2n) is 7.22. The van der Waals surface area contributed by atoms with Gasteiger partial charge in [-0.1, -0.05) is 54.6 Å². The van der Waals surface area contributed by atoms with E-state index in [4.69, 9.17) is 0 Å². The third-order valence-electron chi connectivity index (χ3n) is 5.57. The number of benzene rings is 3. The summed E-state index contributed by atoms with van der Waals surface area (Å²) in [6, 6.07) is 28.4. The van der Waals surface area contributed by atoms with Crippen LogP contribution in [0, 0.1) is 0 Å². The minimum atomic E-state index is -0.338. The largest absolute Gasteiger partial charge is 0.357 e. The highest BCUT2D eigenvalue weighted by atomic mass is 16.2. The van der Waals surface area contributed by atoms with Gasteiger partial charge in [0.1, 0.15) is 11.7 Å². The number of amides is 1. The lowest BCUT2D eigenvalue weighted by atomic mass is 9.97. The number of carbonyl (C=O) groups is 1. The number of aromatic nitrogens is 2. The highest BCUT2D eigenvalue weighted by molar-refractivity contribution is 6.12. The number of carbonyl (C=O) groups excluding carboxylic acids is 1. The lowest BCUT2D eigenvalue weighted by molar-refractivity contribution is -0.117. The van der Waals surface area contributed by atoms with Crippen molar-refractivity contribution in [3.05, 3.63) is 96.2 Å². The van der Waals surface area contributed by atoms with Crippen molar-refractivity contribution in [3.8, 4) is 0 Å². The van der Waals surface area contributed by atoms with Gasteiger partial charge < -0.3 is 9.97 Å². The molecule has 4 heteroatoms. The fraction of sp³-hybridized carbons (Fsp3) is 0.0417. The number of nitrogens with zero attached hydrogens (tertiary/aromatic N) is 1. The highest BCUT2D eigenvalue weighted by Crippen LogP contribution is 2.45. The molecule has 6 rings (SSSR count). The Morgan fingerprint density at radius 3 is 2.11 bits per heavy atom. The summed E-state index contributed by atoms with van der Waals surface area (Å²) in [6.07, 6.45) is 0. The molecule has 2 N–H and O–H groups in total. The molecule has 1 atom stereocenters. The quantitative estimate of drug-likeness (QED) is 0.430. The molecule has 5 aromatic rings. The minimum absolute atomic E-state index is 0.0549. The Labute approximate surface area is 161 Å². The lowest BCUT2D eigenvalue weighted by Gasteiger charge is -2.15. The summed E-state index contributed by atoms with van der Waals surface area (Å²) in [7, 11) is 0. The summed E-state index contributed by atoms with van der Waals surface area (Å²) in [4.78, 5) is 22.3. The number of anilines is 2. The maximum Gasteiger partial charge on any atom is 0.246 e. The van der Waals surface area contributed by atoms with Crippen LogP contribution >= 0.6 is 0 Å². The predicted molar refractivity (Wildman–Crippen MR) is 112 cm³/mol. The zero-order valence-corrected chi connectivity index (χ0v) is 15.0. The molecular formula is C24H17N3O. The van der Waals surface area contributed by atoms with Crippen LogP contribution in [0.15, 0.2) is 84.9 Å². The molecule has 0 spiro atoms. The number of aromatic amines is 2. The van der Waals surface area contributed by atoms with E-state index >= 15 is 0 Å². The molecule has 0 aliphatic carbocycles. The maximum atomic E-state index is 13.6. The predicted octanol–water partition coefficient (Wildman–Crippen LogP) is 5.46. The summed E-state index contributed by atoms with van der Waals surface area (Å²) in [5.41, 5.74) is 4.96. The van der Waals surface area contributed by atoms with E-state index in [1.54, 1.807) is 0 Å². The topological polar surface area (TPSA) is 51.9 Å². The van der Waals surface area contributed by atoms with Crippen LogP contribution in [-0.2, 0) is 4.79 Å². The summed E-state index contributed by atoms with van der Waals surface area (Å²) in [5, 5.41) is 2.21. The molecule has 0 fully saturated rings. The van der Waals surface area contributed by atoms with E-state index in [9.17, 15) is 4.79 Å². The van der Waals surface area contributed by atoms with Gasteiger partial charge in [-0.2, -0.15) is 0 Å². The van der Waals surface area contributed by atoms with Crippen LogP contribution in [0.2, 0.25) is 0 Å². The van der Waals surface area contributed by atoms with Crippen molar-refractivity contribution < 1.29 is 4.79 Å². The van der Waals surface area contributed by atoms with Crippen LogP contribution < -0.4 is 4.90 Å². The molecule has 1 aliphatic heterocycles. The van der Waals surface area contributed by atoms with Gasteiger partial charge in [0.25, 0.3) is 0 Å². The van der Waals surface area contributed by atoms with Gasteiger partial charge in [-0.3, -0.25) is 9.69 Å². The molecule has 4 nitrogen and oxygen atoms in total. The summed E-state index contributed by atoms with van der Waals surface area (Å²) >= 11 is 0. The summed E-state index contributed by atoms with van der Waals surface area (Å²) < 4.78 is 0. The van der Waals surface area contributed by atoms with E-state index in [1.165, 1.54) is 0 Å². The lowest BCUT2D eigenvalue weighted by Crippen LogP contribution is -2.24. The first-order valence-corrected chi connectivity index (χ1v) is 9.38. The fourth-order valence-corrected chi connectivity index (χ4v) is 4.29. The van der Waals surface area contributed by atoms with E-state index in [0.717, 1.165) is 44.6 Å². The molecule has 1 unspecified atom stereocenters. The van der Waals surface area contributed by atoms with Crippen LogP contribution in [0.5, 0.6) is 0 Å². The van der Waals surface area contributed by atoms with Gasteiger partial charge in [0.05, 0.1) is 5.69 Å². The number of nitrogens with one attached hydrogen (secondary N) is 2. The van der Waals surface area contributed by atoms with Crippen molar-refractivity contribution in [2.75, 3.05) is 4.90 Å². The molecule has 28 heavy (non-hydrogen) atoms. The van der Waals surface area contributed by atoms with Gasteiger partial charge in [0, 0.05) is 22.1 Å². The van der Waals surface area contributed by atoms with Crippen LogP contribution in [0.3, 0.4) is 0 Å². The highest BCUT2D eigenvalue weighted by Gasteiger charge is 2.40. The number of rotatable bonds is 2. The number of fused-ring (bicyclic) bond motifs is 3. The number of para-hydroxylation sites is 3. The van der Waals surface area contributed by atoms with Crippen molar-refractivity contribution in [2.24, 2.45) is 0 Å². The second kappa shape index (κ2) is 5.60. The molecule has 0 bridgehead atoms. The molecule has 1 aliphatic rings. The number of hydrogen-bond donors (Lipinski definition) is 2. The zero-order chi connectivity index (χ0) is 18.7. The van der Waals surface area contributed by atoms with Gasteiger partial charge in [-0.25, -0.2) is 0 Å². The second-order valence-corrected chi connectivity index (χ2v) is 7.22. The fourth-order valence-electron chi connectivity index (χ4n) is 4.29. The molecular weight excluding hydrogens is 346 g/mol. The number of hydrogen-bond acceptors (Lipinski definition) is 1. The smallest absolute Gasteiger partial charge is 0.246 e. The minimum Gasteiger partial charge on any atom is -0.357 e. The standard InChI is InChI=1S/C24H17N3O/c28-24-23(20-13-15-7-1-4-10-18(15)25-20)17-9-3-6-12-21(17)27(24)22-14-16-8-2-5-11-19(16)26-22/h1-14,23,25-26H. The van der Waals surface area contributed by atoms with Gasteiger partial charge in [-0.05, 0) is 41.3 Å². The van der Waals surface area contributed by atoms with E-state index < -0.39 is 0 Å². The Hall–Kier alpha value is -3.79. The number of H-pyrrole nitrogens is 2. The van der Waals surface area contributed by atoms with Gasteiger partial charge in [-0.15, -0.1) is 0 Å². The van der Waals surface area contributed by atoms with E-state index in [0.29, 0.717) is 0 Å². The SMILES string of the molecule is O=C1C(c2cc3ccccc3[nH]2)c2ccccc2N1c1cc2ccccc2[nH]1. The van der Waals surface area contributed by atoms with Crippen molar-refractivity contribution in [1.82, 2.24) is 9.97 Å². The van der Waals surface area contributed by atoms with Crippen LogP contribution in [-0.4, -0.2) is 15.9 Å². The van der Waals surface area contributed by atoms with Gasteiger partial charge in [0.2, 0.25) is 5.91 Å². The van der Waals surface area contributed by atoms with Crippen LogP contribution in [0.1, 0.15) is 17.2 Å². The molecule has 0 radical (unpaired) electrons. The summed E-state index contributed by atoms with van der Waals surface area (Å²) in [6.45, 7) is 0. The molecule has 3 heterocycles. The molecule has 0 saturated carbocycles. The Kier molecular flexibility index (Phi) is 3.06. The maximum absolute atomic E-state index is 13.6. The first-order chi connectivity index (χ1) is 13.8. The average Bonchev–Trinajstić information content (AvgIpc) is 3.39. The Bertz CT molecular complexity index is 1190. The monoisotopic (exact) mass is 363 g/mol. The first kappa shape index (κ1) is 15.3. The Balaban J connectivity index is 1.53. The third-order valence-corrected chi connectivity index (χ3v) is 5.57. The van der Waals surface area contributed by atoms with Crippen molar-refractivity contribution in [1.29, 1.82) is 0 Å². The Morgan fingerprint density at radius 1 is 0.714 bits per heavy atom. The van der Waals surface area contributed by atoms with E-state index in [-0.39, 0.29) is 11.8 Å². The first-order valence-electron chi connectivity index (χ1n) is 9.38. The third kappa shape index (κ3) is 2.09. The summed E-state index contributed by atoms with van der Waals surface area (Å²) in [5.74, 6) is 0.520. The molecule has 1 amide bonds. The van der Waals surface area contributed by atoms with Gasteiger partial charge >= 0.3 is 0 Å². The zero-order valence-electron chi connectivity index (χ0n) is 15.0. The van der Waals surface area contributed by atoms with Crippen molar-refractivity contribution in [3.63, 3.8) is 0 Å². The molecule has 0 saturated heterocycles. The van der Waals surface area contributed by atoms with Crippen molar-refractivity contribution >= 4 is 39.2 Å². The average molecular weight is 363 g/mol. The van der Waals surface area contributed by atoms with Crippen molar-refractivity contribution in [2.45, 2.75) is 5.92 Å². The normalized spacial score (nSPS) is 16.2. The van der Waals surface area contributed by atoms with Crippen LogP contribution in [0.4, 0.5) is 11.5 Å². The van der Waals surface area contributed by atoms with E-state index in [1.807, 2.05) is 71.6 Å².